The van der Waals surface area contributed by atoms with Gasteiger partial charge in [-0.15, -0.1) is 11.3 Å². The van der Waals surface area contributed by atoms with E-state index in [0.717, 1.165) is 36.9 Å². The molecule has 28 heavy (non-hydrogen) atoms. The van der Waals surface area contributed by atoms with Crippen molar-refractivity contribution in [3.8, 4) is 0 Å². The lowest BCUT2D eigenvalue weighted by Gasteiger charge is -2.36. The van der Waals surface area contributed by atoms with Crippen LogP contribution < -0.4 is 15.1 Å². The van der Waals surface area contributed by atoms with E-state index >= 15 is 0 Å². The van der Waals surface area contributed by atoms with Crippen LogP contribution in [0.2, 0.25) is 0 Å². The summed E-state index contributed by atoms with van der Waals surface area (Å²) in [6, 6.07) is 10.4. The summed E-state index contributed by atoms with van der Waals surface area (Å²) in [5.74, 6) is 0.520. The van der Waals surface area contributed by atoms with E-state index in [4.69, 9.17) is 0 Å². The van der Waals surface area contributed by atoms with Gasteiger partial charge < -0.3 is 15.1 Å². The maximum atomic E-state index is 12.4. The highest BCUT2D eigenvalue weighted by molar-refractivity contribution is 7.13. The van der Waals surface area contributed by atoms with Crippen molar-refractivity contribution in [1.29, 1.82) is 0 Å². The number of carbonyl (C=O) groups excluding carboxylic acids is 1. The summed E-state index contributed by atoms with van der Waals surface area (Å²) in [7, 11) is 0. The largest absolute Gasteiger partial charge is 0.368 e. The van der Waals surface area contributed by atoms with E-state index in [0.29, 0.717) is 16.5 Å². The molecule has 0 atom stereocenters. The first kappa shape index (κ1) is 18.4. The van der Waals surface area contributed by atoms with E-state index < -0.39 is 0 Å². The Balaban J connectivity index is 1.36. The molecular weight excluding hydrogens is 372 g/mol. The number of hydrogen-bond donors (Lipinski definition) is 1. The summed E-state index contributed by atoms with van der Waals surface area (Å²) in [6.07, 6.45) is 3.32. The van der Waals surface area contributed by atoms with Crippen LogP contribution in [0.5, 0.6) is 0 Å². The first-order chi connectivity index (χ1) is 13.6. The molecule has 1 N–H and O–H groups in total. The van der Waals surface area contributed by atoms with Crippen LogP contribution >= 0.6 is 11.3 Å². The average Bonchev–Trinajstić information content (AvgIpc) is 3.07. The SMILES string of the molecule is Cc1nc(C)c(C(=O)Nc2cnc(N3CCN(c4ccccc4)CC3)nc2)s1. The number of para-hydroxylation sites is 1. The summed E-state index contributed by atoms with van der Waals surface area (Å²) in [6.45, 7) is 7.31. The van der Waals surface area contributed by atoms with Crippen molar-refractivity contribution < 1.29 is 4.79 Å². The number of benzene rings is 1. The van der Waals surface area contributed by atoms with Gasteiger partial charge in [0.1, 0.15) is 4.88 Å². The first-order valence-corrected chi connectivity index (χ1v) is 10.0. The maximum Gasteiger partial charge on any atom is 0.267 e. The summed E-state index contributed by atoms with van der Waals surface area (Å²) in [5, 5.41) is 3.73. The van der Waals surface area contributed by atoms with E-state index in [9.17, 15) is 4.79 Å². The maximum absolute atomic E-state index is 12.4. The van der Waals surface area contributed by atoms with E-state index in [2.05, 4.69) is 54.3 Å². The first-order valence-electron chi connectivity index (χ1n) is 9.22. The predicted octanol–water partition coefficient (Wildman–Crippen LogP) is 3.13. The van der Waals surface area contributed by atoms with Gasteiger partial charge in [-0.25, -0.2) is 15.0 Å². The standard InChI is InChI=1S/C20H22N6OS/c1-14-18(28-15(2)23-14)19(27)24-16-12-21-20(22-13-16)26-10-8-25(9-11-26)17-6-4-3-5-7-17/h3-7,12-13H,8-11H2,1-2H3,(H,24,27). The van der Waals surface area contributed by atoms with Crippen LogP contribution in [0.4, 0.5) is 17.3 Å². The lowest BCUT2D eigenvalue weighted by atomic mass is 10.2. The molecular formula is C20H22N6OS. The summed E-state index contributed by atoms with van der Waals surface area (Å²) >= 11 is 1.39. The molecule has 144 valence electrons. The van der Waals surface area contributed by atoms with Crippen LogP contribution in [0.1, 0.15) is 20.4 Å². The molecule has 1 fully saturated rings. The molecule has 0 radical (unpaired) electrons. The van der Waals surface area contributed by atoms with Gasteiger partial charge in [-0.3, -0.25) is 4.79 Å². The zero-order valence-corrected chi connectivity index (χ0v) is 16.7. The van der Waals surface area contributed by atoms with Crippen molar-refractivity contribution in [1.82, 2.24) is 15.0 Å². The van der Waals surface area contributed by atoms with Crippen LogP contribution in [0, 0.1) is 13.8 Å². The molecule has 1 aliphatic heterocycles. The van der Waals surface area contributed by atoms with Crippen LogP contribution in [-0.4, -0.2) is 47.0 Å². The average molecular weight is 395 g/mol. The third-order valence-electron chi connectivity index (χ3n) is 4.69. The molecule has 8 heteroatoms. The number of rotatable bonds is 4. The number of nitrogens with zero attached hydrogens (tertiary/aromatic N) is 5. The predicted molar refractivity (Wildman–Crippen MR) is 112 cm³/mol. The Kier molecular flexibility index (Phi) is 5.21. The van der Waals surface area contributed by atoms with Crippen LogP contribution in [-0.2, 0) is 0 Å². The molecule has 0 saturated carbocycles. The van der Waals surface area contributed by atoms with Crippen LogP contribution in [0.15, 0.2) is 42.7 Å². The molecule has 0 spiro atoms. The number of piperazine rings is 1. The smallest absolute Gasteiger partial charge is 0.267 e. The van der Waals surface area contributed by atoms with E-state index in [-0.39, 0.29) is 5.91 Å². The second-order valence-electron chi connectivity index (χ2n) is 6.68. The van der Waals surface area contributed by atoms with Gasteiger partial charge in [0.2, 0.25) is 5.95 Å². The quantitative estimate of drug-likeness (QED) is 0.733. The van der Waals surface area contributed by atoms with E-state index in [1.54, 1.807) is 12.4 Å². The zero-order valence-electron chi connectivity index (χ0n) is 15.9. The van der Waals surface area contributed by atoms with E-state index in [1.165, 1.54) is 17.0 Å². The van der Waals surface area contributed by atoms with Crippen molar-refractivity contribution in [2.75, 3.05) is 41.3 Å². The number of nitrogens with one attached hydrogen (secondary N) is 1. The topological polar surface area (TPSA) is 74.2 Å². The monoisotopic (exact) mass is 394 g/mol. The number of aromatic nitrogens is 3. The molecule has 1 aliphatic rings. The molecule has 0 aliphatic carbocycles. The molecule has 4 rings (SSSR count). The van der Waals surface area contributed by atoms with Gasteiger partial charge in [-0.05, 0) is 26.0 Å². The lowest BCUT2D eigenvalue weighted by molar-refractivity contribution is 0.102. The number of amides is 1. The lowest BCUT2D eigenvalue weighted by Crippen LogP contribution is -2.47. The van der Waals surface area contributed by atoms with E-state index in [1.807, 2.05) is 19.9 Å². The van der Waals surface area contributed by atoms with Gasteiger partial charge in [-0.2, -0.15) is 0 Å². The van der Waals surface area contributed by atoms with Gasteiger partial charge in [0.15, 0.2) is 0 Å². The van der Waals surface area contributed by atoms with Crippen molar-refractivity contribution >= 4 is 34.6 Å². The van der Waals surface area contributed by atoms with Crippen molar-refractivity contribution in [3.05, 3.63) is 58.3 Å². The number of thiazole rings is 1. The fraction of sp³-hybridized carbons (Fsp3) is 0.300. The Morgan fingerprint density at radius 2 is 1.64 bits per heavy atom. The fourth-order valence-corrected chi connectivity index (χ4v) is 4.10. The molecule has 2 aromatic heterocycles. The third kappa shape index (κ3) is 3.96. The van der Waals surface area contributed by atoms with Crippen LogP contribution in [0.25, 0.3) is 0 Å². The highest BCUT2D eigenvalue weighted by atomic mass is 32.1. The number of aryl methyl sites for hydroxylation is 2. The number of carbonyl (C=O) groups is 1. The van der Waals surface area contributed by atoms with Crippen molar-refractivity contribution in [2.24, 2.45) is 0 Å². The Morgan fingerprint density at radius 1 is 1.00 bits per heavy atom. The number of anilines is 3. The van der Waals surface area contributed by atoms with Gasteiger partial charge in [0.05, 0.1) is 28.8 Å². The highest BCUT2D eigenvalue weighted by Gasteiger charge is 2.19. The minimum absolute atomic E-state index is 0.170. The van der Waals surface area contributed by atoms with Crippen molar-refractivity contribution in [2.45, 2.75) is 13.8 Å². The molecule has 1 amide bonds. The second-order valence-corrected chi connectivity index (χ2v) is 7.89. The van der Waals surface area contributed by atoms with Gasteiger partial charge >= 0.3 is 0 Å². The van der Waals surface area contributed by atoms with Crippen LogP contribution in [0.3, 0.4) is 0 Å². The molecule has 1 aromatic carbocycles. The molecule has 0 bridgehead atoms. The van der Waals surface area contributed by atoms with Gasteiger partial charge in [0.25, 0.3) is 5.91 Å². The Labute approximate surface area is 168 Å². The van der Waals surface area contributed by atoms with Gasteiger partial charge in [0, 0.05) is 31.9 Å². The Morgan fingerprint density at radius 3 is 2.25 bits per heavy atom. The third-order valence-corrected chi connectivity index (χ3v) is 5.76. The Hall–Kier alpha value is -3.00. The molecule has 1 saturated heterocycles. The summed E-state index contributed by atoms with van der Waals surface area (Å²) < 4.78 is 0. The summed E-state index contributed by atoms with van der Waals surface area (Å²) in [5.41, 5.74) is 2.57. The fourth-order valence-electron chi connectivity index (χ4n) is 3.28. The normalized spacial score (nSPS) is 14.2. The minimum Gasteiger partial charge on any atom is -0.368 e. The second kappa shape index (κ2) is 7.93. The Bertz CT molecular complexity index is 949. The molecule has 0 unspecified atom stereocenters. The molecule has 7 nitrogen and oxygen atoms in total. The van der Waals surface area contributed by atoms with Crippen molar-refractivity contribution in [3.63, 3.8) is 0 Å². The minimum atomic E-state index is -0.170. The highest BCUT2D eigenvalue weighted by Crippen LogP contribution is 2.20. The molecule has 3 aromatic rings. The molecule has 3 heterocycles. The number of hydrogen-bond acceptors (Lipinski definition) is 7. The summed E-state index contributed by atoms with van der Waals surface area (Å²) in [4.78, 5) is 30.7. The van der Waals surface area contributed by atoms with Gasteiger partial charge in [-0.1, -0.05) is 18.2 Å². The zero-order chi connectivity index (χ0) is 19.5.